The van der Waals surface area contributed by atoms with E-state index in [1.54, 1.807) is 6.07 Å². The molecule has 0 aliphatic rings. The molecule has 0 unspecified atom stereocenters. The maximum atomic E-state index is 12.0. The van der Waals surface area contributed by atoms with Crippen molar-refractivity contribution in [1.29, 1.82) is 0 Å². The second-order valence-electron chi connectivity index (χ2n) is 12.1. The standard InChI is InChI=1S/C36H60O3S.Na/c1-3-5-7-9-11-13-15-17-19-21-23-26-32-28-25-29-34-35(40(37,38)39)31-30-33(36(32)34)27-24-22-20-18-16-14-12-10-8-6-4-2;/h25,28-31H,3-24,26-27H2,1-2H3,(H,37,38,39);/q;+1/p-1. The van der Waals surface area contributed by atoms with Gasteiger partial charge in [0.2, 0.25) is 0 Å². The summed E-state index contributed by atoms with van der Waals surface area (Å²) in [6, 6.07) is 9.35. The zero-order valence-corrected chi connectivity index (χ0v) is 29.8. The minimum absolute atomic E-state index is 0. The van der Waals surface area contributed by atoms with E-state index in [1.807, 2.05) is 18.2 Å². The molecule has 0 atom stereocenters. The van der Waals surface area contributed by atoms with Crippen LogP contribution in [0.25, 0.3) is 10.8 Å². The van der Waals surface area contributed by atoms with Gasteiger partial charge in [-0.3, -0.25) is 0 Å². The van der Waals surface area contributed by atoms with E-state index in [1.165, 1.54) is 140 Å². The van der Waals surface area contributed by atoms with Crippen molar-refractivity contribution in [3.8, 4) is 0 Å². The molecule has 0 N–H and O–H groups in total. The summed E-state index contributed by atoms with van der Waals surface area (Å²) < 4.78 is 36.1. The van der Waals surface area contributed by atoms with Crippen molar-refractivity contribution < 1.29 is 42.5 Å². The van der Waals surface area contributed by atoms with Crippen LogP contribution in [0.1, 0.15) is 166 Å². The molecule has 0 bridgehead atoms. The molecule has 0 fully saturated rings. The molecule has 0 heterocycles. The quantitative estimate of drug-likeness (QED) is 0.0658. The Morgan fingerprint density at radius 1 is 0.512 bits per heavy atom. The van der Waals surface area contributed by atoms with Crippen molar-refractivity contribution >= 4 is 20.9 Å². The molecule has 2 aromatic rings. The fourth-order valence-electron chi connectivity index (χ4n) is 6.13. The first-order valence-electron chi connectivity index (χ1n) is 17.0. The number of aryl methyl sites for hydroxylation is 2. The third kappa shape index (κ3) is 16.3. The SMILES string of the molecule is CCCCCCCCCCCCCc1cccc2c(S(=O)(=O)[O-])ccc(CCCCCCCCCCCCC)c12.[Na+]. The van der Waals surface area contributed by atoms with Crippen LogP contribution in [-0.2, 0) is 23.0 Å². The van der Waals surface area contributed by atoms with Gasteiger partial charge in [0.15, 0.2) is 0 Å². The molecule has 0 amide bonds. The largest absolute Gasteiger partial charge is 1.00 e. The van der Waals surface area contributed by atoms with Gasteiger partial charge in [-0.2, -0.15) is 0 Å². The van der Waals surface area contributed by atoms with Crippen LogP contribution in [0.15, 0.2) is 35.2 Å². The molecule has 5 heteroatoms. The van der Waals surface area contributed by atoms with Gasteiger partial charge in [-0.25, -0.2) is 8.42 Å². The van der Waals surface area contributed by atoms with Crippen LogP contribution in [0.2, 0.25) is 0 Å². The molecular formula is C36H59NaO3S. The fourth-order valence-corrected chi connectivity index (χ4v) is 6.80. The molecule has 0 aromatic heterocycles. The van der Waals surface area contributed by atoms with Crippen LogP contribution < -0.4 is 29.6 Å². The van der Waals surface area contributed by atoms with Crippen molar-refractivity contribution in [3.63, 3.8) is 0 Å². The maximum absolute atomic E-state index is 12.0. The second-order valence-corrected chi connectivity index (χ2v) is 13.4. The van der Waals surface area contributed by atoms with Crippen LogP contribution >= 0.6 is 0 Å². The van der Waals surface area contributed by atoms with Gasteiger partial charge in [0.1, 0.15) is 10.1 Å². The van der Waals surface area contributed by atoms with E-state index >= 15 is 0 Å². The molecule has 0 saturated heterocycles. The smallest absolute Gasteiger partial charge is 0.744 e. The number of hydrogen-bond acceptors (Lipinski definition) is 3. The van der Waals surface area contributed by atoms with Crippen LogP contribution in [0.5, 0.6) is 0 Å². The summed E-state index contributed by atoms with van der Waals surface area (Å²) in [6.45, 7) is 4.53. The van der Waals surface area contributed by atoms with Crippen LogP contribution in [0.4, 0.5) is 0 Å². The van der Waals surface area contributed by atoms with E-state index in [-0.39, 0.29) is 34.5 Å². The number of fused-ring (bicyclic) bond motifs is 1. The zero-order chi connectivity index (χ0) is 28.9. The van der Waals surface area contributed by atoms with E-state index in [4.69, 9.17) is 0 Å². The van der Waals surface area contributed by atoms with Crippen molar-refractivity contribution in [2.45, 2.75) is 173 Å². The Morgan fingerprint density at radius 3 is 1.27 bits per heavy atom. The van der Waals surface area contributed by atoms with E-state index in [0.717, 1.165) is 31.1 Å². The fraction of sp³-hybridized carbons (Fsp3) is 0.722. The van der Waals surface area contributed by atoms with Gasteiger partial charge < -0.3 is 4.55 Å². The van der Waals surface area contributed by atoms with Gasteiger partial charge in [0, 0.05) is 0 Å². The number of rotatable bonds is 25. The molecule has 2 aromatic carbocycles. The van der Waals surface area contributed by atoms with Gasteiger partial charge in [-0.05, 0) is 53.6 Å². The van der Waals surface area contributed by atoms with Gasteiger partial charge in [0.05, 0.1) is 4.90 Å². The van der Waals surface area contributed by atoms with Crippen LogP contribution in [0, 0.1) is 0 Å². The topological polar surface area (TPSA) is 57.2 Å². The summed E-state index contributed by atoms with van der Waals surface area (Å²) in [4.78, 5) is -0.0639. The Hall–Kier alpha value is -0.390. The summed E-state index contributed by atoms with van der Waals surface area (Å²) >= 11 is 0. The molecule has 41 heavy (non-hydrogen) atoms. The van der Waals surface area contributed by atoms with Gasteiger partial charge in [-0.1, -0.05) is 167 Å². The maximum Gasteiger partial charge on any atom is 1.00 e. The van der Waals surface area contributed by atoms with Gasteiger partial charge in [-0.15, -0.1) is 0 Å². The Balaban J connectivity index is 0.00000840. The predicted octanol–water partition coefficient (Wildman–Crippen LogP) is 8.45. The van der Waals surface area contributed by atoms with Gasteiger partial charge >= 0.3 is 29.6 Å². The summed E-state index contributed by atoms with van der Waals surface area (Å²) in [5.74, 6) is 0. The zero-order valence-electron chi connectivity index (χ0n) is 27.0. The minimum atomic E-state index is -4.50. The summed E-state index contributed by atoms with van der Waals surface area (Å²) in [5, 5.41) is 1.65. The van der Waals surface area contributed by atoms with Crippen molar-refractivity contribution in [2.75, 3.05) is 0 Å². The normalized spacial score (nSPS) is 11.7. The number of benzene rings is 2. The molecule has 0 saturated carbocycles. The molecule has 0 aliphatic heterocycles. The third-order valence-corrected chi connectivity index (χ3v) is 9.44. The average molecular weight is 595 g/mol. The first-order chi connectivity index (χ1) is 19.5. The summed E-state index contributed by atoms with van der Waals surface area (Å²) in [7, 11) is -4.50. The van der Waals surface area contributed by atoms with E-state index in [2.05, 4.69) is 19.9 Å². The van der Waals surface area contributed by atoms with E-state index < -0.39 is 10.1 Å². The molecule has 0 spiro atoms. The van der Waals surface area contributed by atoms with Crippen molar-refractivity contribution in [3.05, 3.63) is 41.5 Å². The van der Waals surface area contributed by atoms with Crippen LogP contribution in [0.3, 0.4) is 0 Å². The van der Waals surface area contributed by atoms with Gasteiger partial charge in [0.25, 0.3) is 0 Å². The Kier molecular flexibility index (Phi) is 22.6. The van der Waals surface area contributed by atoms with E-state index in [0.29, 0.717) is 5.39 Å². The third-order valence-electron chi connectivity index (χ3n) is 8.54. The van der Waals surface area contributed by atoms with Crippen molar-refractivity contribution in [2.24, 2.45) is 0 Å². The molecule has 0 radical (unpaired) electrons. The monoisotopic (exact) mass is 594 g/mol. The second kappa shape index (κ2) is 24.0. The first kappa shape index (κ1) is 38.6. The Labute approximate surface area is 276 Å². The number of unbranched alkanes of at least 4 members (excludes halogenated alkanes) is 20. The molecule has 2 rings (SSSR count). The molecule has 3 nitrogen and oxygen atoms in total. The predicted molar refractivity (Wildman–Crippen MR) is 172 cm³/mol. The first-order valence-corrected chi connectivity index (χ1v) is 18.4. The summed E-state index contributed by atoms with van der Waals surface area (Å²) in [6.07, 6.45) is 30.8. The van der Waals surface area contributed by atoms with Crippen LogP contribution in [-0.4, -0.2) is 13.0 Å². The minimum Gasteiger partial charge on any atom is -0.744 e. The molecule has 0 aliphatic carbocycles. The molecule has 228 valence electrons. The summed E-state index contributed by atoms with van der Waals surface area (Å²) in [5.41, 5.74) is 2.41. The van der Waals surface area contributed by atoms with Crippen molar-refractivity contribution in [1.82, 2.24) is 0 Å². The molecular weight excluding hydrogens is 535 g/mol. The number of hydrogen-bond donors (Lipinski definition) is 0. The average Bonchev–Trinajstić information content (AvgIpc) is 2.94. The Bertz CT molecular complexity index is 1000. The Morgan fingerprint density at radius 2 is 0.878 bits per heavy atom. The van der Waals surface area contributed by atoms with E-state index in [9.17, 15) is 13.0 Å².